The van der Waals surface area contributed by atoms with Crippen molar-refractivity contribution in [3.8, 4) is 0 Å². The predicted octanol–water partition coefficient (Wildman–Crippen LogP) is 0.989. The van der Waals surface area contributed by atoms with Crippen molar-refractivity contribution in [1.29, 1.82) is 0 Å². The maximum absolute atomic E-state index is 12.6. The van der Waals surface area contributed by atoms with Gasteiger partial charge in [0.05, 0.1) is 13.1 Å². The second kappa shape index (κ2) is 4.76. The molecule has 1 atom stereocenters. The molecule has 0 bridgehead atoms. The second-order valence-corrected chi connectivity index (χ2v) is 5.17. The van der Waals surface area contributed by atoms with Crippen molar-refractivity contribution in [2.75, 3.05) is 39.8 Å². The Balaban J connectivity index is 1.66. The molecule has 2 rings (SSSR count). The number of alkyl halides is 2. The molecule has 1 N–H and O–H groups in total. The average molecular weight is 247 g/mol. The standard InChI is InChI=1S/C11H19F2N3O/c1-15-4-2-3-9(6-15)5-14-10(17)16-7-11(12,13)8-16/h9H,2-8H2,1H3,(H,14,17). The Morgan fingerprint density at radius 1 is 1.47 bits per heavy atom. The molecule has 0 spiro atoms. The quantitative estimate of drug-likeness (QED) is 0.790. The van der Waals surface area contributed by atoms with E-state index in [9.17, 15) is 13.6 Å². The smallest absolute Gasteiger partial charge is 0.317 e. The van der Waals surface area contributed by atoms with E-state index in [-0.39, 0.29) is 6.03 Å². The molecule has 98 valence electrons. The topological polar surface area (TPSA) is 35.6 Å². The molecule has 2 saturated heterocycles. The minimum Gasteiger partial charge on any atom is -0.338 e. The number of nitrogens with one attached hydrogen (secondary N) is 1. The summed E-state index contributed by atoms with van der Waals surface area (Å²) in [7, 11) is 2.06. The van der Waals surface area contributed by atoms with Crippen molar-refractivity contribution in [2.24, 2.45) is 5.92 Å². The van der Waals surface area contributed by atoms with Crippen LogP contribution in [0.5, 0.6) is 0 Å². The summed E-state index contributed by atoms with van der Waals surface area (Å²) < 4.78 is 25.1. The number of hydrogen-bond donors (Lipinski definition) is 1. The summed E-state index contributed by atoms with van der Waals surface area (Å²) in [6.45, 7) is 1.78. The number of rotatable bonds is 2. The van der Waals surface area contributed by atoms with Crippen LogP contribution in [0.1, 0.15) is 12.8 Å². The first-order chi connectivity index (χ1) is 7.96. The fourth-order valence-corrected chi connectivity index (χ4v) is 2.44. The number of halogens is 2. The maximum Gasteiger partial charge on any atom is 0.317 e. The number of carbonyl (C=O) groups is 1. The number of nitrogens with zero attached hydrogens (tertiary/aromatic N) is 2. The zero-order valence-electron chi connectivity index (χ0n) is 10.1. The summed E-state index contributed by atoms with van der Waals surface area (Å²) in [5, 5.41) is 2.74. The minimum atomic E-state index is -2.68. The fourth-order valence-electron chi connectivity index (χ4n) is 2.44. The predicted molar refractivity (Wildman–Crippen MR) is 60.1 cm³/mol. The van der Waals surface area contributed by atoms with Gasteiger partial charge in [-0.2, -0.15) is 0 Å². The highest BCUT2D eigenvalue weighted by Gasteiger charge is 2.46. The Bertz CT molecular complexity index is 290. The molecule has 2 aliphatic rings. The van der Waals surface area contributed by atoms with Crippen LogP contribution in [0.15, 0.2) is 0 Å². The molecular weight excluding hydrogens is 228 g/mol. The first-order valence-electron chi connectivity index (χ1n) is 6.05. The molecule has 0 aromatic heterocycles. The second-order valence-electron chi connectivity index (χ2n) is 5.17. The van der Waals surface area contributed by atoms with Gasteiger partial charge in [-0.25, -0.2) is 13.6 Å². The summed E-state index contributed by atoms with van der Waals surface area (Å²) >= 11 is 0. The molecule has 2 amide bonds. The average Bonchev–Trinajstić information content (AvgIpc) is 2.22. The zero-order valence-corrected chi connectivity index (χ0v) is 10.1. The number of likely N-dealkylation sites (tertiary alicyclic amines) is 2. The molecule has 2 heterocycles. The molecular formula is C11H19F2N3O. The van der Waals surface area contributed by atoms with E-state index < -0.39 is 19.0 Å². The molecule has 1 unspecified atom stereocenters. The summed E-state index contributed by atoms with van der Waals surface area (Å²) in [5.74, 6) is -2.23. The first kappa shape index (κ1) is 12.5. The lowest BCUT2D eigenvalue weighted by molar-refractivity contribution is -0.109. The Labute approximate surface area is 99.9 Å². The Morgan fingerprint density at radius 3 is 2.76 bits per heavy atom. The molecule has 2 fully saturated rings. The van der Waals surface area contributed by atoms with E-state index in [0.717, 1.165) is 30.8 Å². The van der Waals surface area contributed by atoms with Gasteiger partial charge in [-0.05, 0) is 32.4 Å². The van der Waals surface area contributed by atoms with E-state index in [1.54, 1.807) is 0 Å². The maximum atomic E-state index is 12.6. The summed E-state index contributed by atoms with van der Waals surface area (Å²) in [4.78, 5) is 14.9. The Kier molecular flexibility index (Phi) is 3.51. The minimum absolute atomic E-state index is 0.357. The molecule has 0 aliphatic carbocycles. The highest BCUT2D eigenvalue weighted by molar-refractivity contribution is 5.75. The van der Waals surface area contributed by atoms with Crippen molar-refractivity contribution in [3.63, 3.8) is 0 Å². The van der Waals surface area contributed by atoms with E-state index in [4.69, 9.17) is 0 Å². The van der Waals surface area contributed by atoms with Gasteiger partial charge in [0, 0.05) is 13.1 Å². The van der Waals surface area contributed by atoms with Crippen LogP contribution in [-0.4, -0.2) is 61.5 Å². The molecule has 0 saturated carbocycles. The third-order valence-corrected chi connectivity index (χ3v) is 3.40. The van der Waals surface area contributed by atoms with Gasteiger partial charge < -0.3 is 15.1 Å². The lowest BCUT2D eigenvalue weighted by Gasteiger charge is -2.39. The lowest BCUT2D eigenvalue weighted by Crippen LogP contribution is -2.61. The number of hydrogen-bond acceptors (Lipinski definition) is 2. The van der Waals surface area contributed by atoms with Gasteiger partial charge in [-0.3, -0.25) is 0 Å². The third kappa shape index (κ3) is 3.28. The van der Waals surface area contributed by atoms with Crippen LogP contribution in [0, 0.1) is 5.92 Å². The SMILES string of the molecule is CN1CCCC(CNC(=O)N2CC(F)(F)C2)C1. The first-order valence-corrected chi connectivity index (χ1v) is 6.05. The lowest BCUT2D eigenvalue weighted by atomic mass is 9.98. The molecule has 0 aromatic carbocycles. The Morgan fingerprint density at radius 2 is 2.18 bits per heavy atom. The molecule has 6 heteroatoms. The van der Waals surface area contributed by atoms with E-state index in [1.165, 1.54) is 0 Å². The van der Waals surface area contributed by atoms with Crippen LogP contribution >= 0.6 is 0 Å². The number of urea groups is 1. The van der Waals surface area contributed by atoms with E-state index in [0.29, 0.717) is 12.5 Å². The van der Waals surface area contributed by atoms with Crippen LogP contribution in [0.2, 0.25) is 0 Å². The zero-order chi connectivity index (χ0) is 12.5. The summed E-state index contributed by atoms with van der Waals surface area (Å²) in [6.07, 6.45) is 2.24. The summed E-state index contributed by atoms with van der Waals surface area (Å²) in [6, 6.07) is -0.357. The number of piperidine rings is 1. The van der Waals surface area contributed by atoms with E-state index >= 15 is 0 Å². The van der Waals surface area contributed by atoms with Crippen molar-refractivity contribution in [2.45, 2.75) is 18.8 Å². The number of carbonyl (C=O) groups excluding carboxylic acids is 1. The third-order valence-electron chi connectivity index (χ3n) is 3.40. The largest absolute Gasteiger partial charge is 0.338 e. The van der Waals surface area contributed by atoms with Gasteiger partial charge in [-0.1, -0.05) is 0 Å². The Hall–Kier alpha value is -0.910. The molecule has 4 nitrogen and oxygen atoms in total. The fraction of sp³-hybridized carbons (Fsp3) is 0.909. The summed E-state index contributed by atoms with van der Waals surface area (Å²) in [5.41, 5.74) is 0. The van der Waals surface area contributed by atoms with Gasteiger partial charge in [0.15, 0.2) is 0 Å². The van der Waals surface area contributed by atoms with Gasteiger partial charge >= 0.3 is 6.03 Å². The van der Waals surface area contributed by atoms with Gasteiger partial charge in [0.1, 0.15) is 0 Å². The van der Waals surface area contributed by atoms with E-state index in [2.05, 4.69) is 17.3 Å². The van der Waals surface area contributed by atoms with Crippen molar-refractivity contribution in [3.05, 3.63) is 0 Å². The highest BCUT2D eigenvalue weighted by Crippen LogP contribution is 2.26. The van der Waals surface area contributed by atoms with E-state index in [1.807, 2.05) is 0 Å². The molecule has 0 aromatic rings. The van der Waals surface area contributed by atoms with Gasteiger partial charge in [-0.15, -0.1) is 0 Å². The highest BCUT2D eigenvalue weighted by atomic mass is 19.3. The van der Waals surface area contributed by atoms with Crippen molar-refractivity contribution in [1.82, 2.24) is 15.1 Å². The van der Waals surface area contributed by atoms with Crippen molar-refractivity contribution < 1.29 is 13.6 Å². The number of amides is 2. The van der Waals surface area contributed by atoms with Crippen LogP contribution in [0.4, 0.5) is 13.6 Å². The molecule has 17 heavy (non-hydrogen) atoms. The van der Waals surface area contributed by atoms with Crippen LogP contribution < -0.4 is 5.32 Å². The van der Waals surface area contributed by atoms with Crippen LogP contribution in [0.25, 0.3) is 0 Å². The molecule has 0 radical (unpaired) electrons. The van der Waals surface area contributed by atoms with Gasteiger partial charge in [0.2, 0.25) is 0 Å². The van der Waals surface area contributed by atoms with Crippen LogP contribution in [-0.2, 0) is 0 Å². The van der Waals surface area contributed by atoms with Crippen LogP contribution in [0.3, 0.4) is 0 Å². The normalized spacial score (nSPS) is 28.6. The monoisotopic (exact) mass is 247 g/mol. The molecule has 2 aliphatic heterocycles. The van der Waals surface area contributed by atoms with Gasteiger partial charge in [0.25, 0.3) is 5.92 Å². The van der Waals surface area contributed by atoms with Crippen molar-refractivity contribution >= 4 is 6.03 Å².